The maximum atomic E-state index is 6.20. The third-order valence-electron chi connectivity index (χ3n) is 4.87. The molecule has 2 saturated heterocycles. The third kappa shape index (κ3) is 4.66. The summed E-state index contributed by atoms with van der Waals surface area (Å²) in [5.74, 6) is 0.625. The normalized spacial score (nSPS) is 27.2. The highest BCUT2D eigenvalue weighted by atomic mass is 35.5. The van der Waals surface area contributed by atoms with Gasteiger partial charge in [0.15, 0.2) is 0 Å². The molecule has 2 fully saturated rings. The smallest absolute Gasteiger partial charge is 0.0594 e. The first-order valence-corrected chi connectivity index (χ1v) is 8.88. The van der Waals surface area contributed by atoms with E-state index in [0.717, 1.165) is 51.0 Å². The molecule has 2 aliphatic heterocycles. The second-order valence-corrected chi connectivity index (χ2v) is 6.89. The van der Waals surface area contributed by atoms with E-state index in [1.165, 1.54) is 5.56 Å². The van der Waals surface area contributed by atoms with Crippen LogP contribution in [0.3, 0.4) is 0 Å². The first-order chi connectivity index (χ1) is 11.2. The SMILES string of the molecule is CC1NNCC1CNCC(c1cccc(Cl)c1)N1CCOCC1. The molecule has 0 aliphatic carbocycles. The van der Waals surface area contributed by atoms with Gasteiger partial charge < -0.3 is 10.1 Å². The largest absolute Gasteiger partial charge is 0.379 e. The topological polar surface area (TPSA) is 48.6 Å². The van der Waals surface area contributed by atoms with Crippen molar-refractivity contribution < 1.29 is 4.74 Å². The zero-order chi connectivity index (χ0) is 16.1. The van der Waals surface area contributed by atoms with E-state index < -0.39 is 0 Å². The van der Waals surface area contributed by atoms with Crippen LogP contribution < -0.4 is 16.2 Å². The summed E-state index contributed by atoms with van der Waals surface area (Å²) in [5, 5.41) is 4.47. The number of hydrazine groups is 1. The van der Waals surface area contributed by atoms with Crippen molar-refractivity contribution in [2.24, 2.45) is 5.92 Å². The lowest BCUT2D eigenvalue weighted by Gasteiger charge is -2.35. The molecular formula is C17H27ClN4O. The molecule has 2 aliphatic rings. The highest BCUT2D eigenvalue weighted by molar-refractivity contribution is 6.30. The van der Waals surface area contributed by atoms with Crippen molar-refractivity contribution in [3.63, 3.8) is 0 Å². The Bertz CT molecular complexity index is 495. The van der Waals surface area contributed by atoms with E-state index in [2.05, 4.69) is 40.1 Å². The number of halogens is 1. The number of morpholine rings is 1. The monoisotopic (exact) mass is 338 g/mol. The Morgan fingerprint density at radius 1 is 1.39 bits per heavy atom. The summed E-state index contributed by atoms with van der Waals surface area (Å²) in [6.45, 7) is 8.77. The fraction of sp³-hybridized carbons (Fsp3) is 0.647. The van der Waals surface area contributed by atoms with E-state index in [1.807, 2.05) is 12.1 Å². The molecule has 3 atom stereocenters. The lowest BCUT2D eigenvalue weighted by molar-refractivity contribution is 0.0160. The molecule has 0 saturated carbocycles. The lowest BCUT2D eigenvalue weighted by Crippen LogP contribution is -2.44. The van der Waals surface area contributed by atoms with Gasteiger partial charge in [-0.25, -0.2) is 0 Å². The van der Waals surface area contributed by atoms with Gasteiger partial charge in [0.25, 0.3) is 0 Å². The molecule has 3 unspecified atom stereocenters. The summed E-state index contributed by atoms with van der Waals surface area (Å²) in [4.78, 5) is 2.50. The Morgan fingerprint density at radius 2 is 2.22 bits per heavy atom. The van der Waals surface area contributed by atoms with Crippen molar-refractivity contribution in [3.05, 3.63) is 34.9 Å². The average molecular weight is 339 g/mol. The fourth-order valence-electron chi connectivity index (χ4n) is 3.36. The first kappa shape index (κ1) is 17.1. The molecule has 1 aromatic rings. The zero-order valence-corrected chi connectivity index (χ0v) is 14.5. The summed E-state index contributed by atoms with van der Waals surface area (Å²) in [5.41, 5.74) is 7.78. The highest BCUT2D eigenvalue weighted by Crippen LogP contribution is 2.24. The highest BCUT2D eigenvalue weighted by Gasteiger charge is 2.25. The predicted octanol–water partition coefficient (Wildman–Crippen LogP) is 1.42. The molecule has 6 heteroatoms. The molecule has 0 radical (unpaired) electrons. The van der Waals surface area contributed by atoms with Gasteiger partial charge in [0.1, 0.15) is 0 Å². The summed E-state index contributed by atoms with van der Waals surface area (Å²) < 4.78 is 5.50. The van der Waals surface area contributed by atoms with Crippen LogP contribution in [0, 0.1) is 5.92 Å². The van der Waals surface area contributed by atoms with E-state index in [1.54, 1.807) is 0 Å². The summed E-state index contributed by atoms with van der Waals surface area (Å²) in [7, 11) is 0. The van der Waals surface area contributed by atoms with Crippen LogP contribution in [-0.2, 0) is 4.74 Å². The molecule has 5 nitrogen and oxygen atoms in total. The van der Waals surface area contributed by atoms with Crippen molar-refractivity contribution in [1.82, 2.24) is 21.1 Å². The molecule has 3 N–H and O–H groups in total. The molecule has 23 heavy (non-hydrogen) atoms. The molecule has 0 spiro atoms. The second-order valence-electron chi connectivity index (χ2n) is 6.45. The average Bonchev–Trinajstić information content (AvgIpc) is 2.97. The van der Waals surface area contributed by atoms with E-state index in [9.17, 15) is 0 Å². The fourth-order valence-corrected chi connectivity index (χ4v) is 3.56. The van der Waals surface area contributed by atoms with Gasteiger partial charge in [-0.05, 0) is 24.6 Å². The van der Waals surface area contributed by atoms with E-state index in [-0.39, 0.29) is 0 Å². The van der Waals surface area contributed by atoms with Crippen molar-refractivity contribution >= 4 is 11.6 Å². The van der Waals surface area contributed by atoms with Gasteiger partial charge in [-0.3, -0.25) is 15.8 Å². The molecule has 0 aromatic heterocycles. The number of ether oxygens (including phenoxy) is 1. The first-order valence-electron chi connectivity index (χ1n) is 8.50. The Balaban J connectivity index is 1.62. The summed E-state index contributed by atoms with van der Waals surface area (Å²) >= 11 is 6.20. The summed E-state index contributed by atoms with van der Waals surface area (Å²) in [6, 6.07) is 9.09. The zero-order valence-electron chi connectivity index (χ0n) is 13.7. The van der Waals surface area contributed by atoms with E-state index in [0.29, 0.717) is 18.0 Å². The number of hydrogen-bond donors (Lipinski definition) is 3. The minimum atomic E-state index is 0.343. The Kier molecular flexibility index (Phi) is 6.28. The second kappa shape index (κ2) is 8.42. The van der Waals surface area contributed by atoms with Crippen molar-refractivity contribution in [1.29, 1.82) is 0 Å². The molecule has 0 bridgehead atoms. The number of nitrogens with zero attached hydrogens (tertiary/aromatic N) is 1. The van der Waals surface area contributed by atoms with Gasteiger partial charge in [-0.2, -0.15) is 0 Å². The van der Waals surface area contributed by atoms with E-state index >= 15 is 0 Å². The van der Waals surface area contributed by atoms with Gasteiger partial charge in [0, 0.05) is 55.7 Å². The quantitative estimate of drug-likeness (QED) is 0.732. The molecular weight excluding hydrogens is 312 g/mol. The maximum Gasteiger partial charge on any atom is 0.0594 e. The molecule has 0 amide bonds. The standard InChI is InChI=1S/C17H27ClN4O/c1-13-15(11-20-21-13)10-19-12-17(22-5-7-23-8-6-22)14-3-2-4-16(18)9-14/h2-4,9,13,15,17,19-21H,5-8,10-12H2,1H3. The minimum Gasteiger partial charge on any atom is -0.379 e. The van der Waals surface area contributed by atoms with Crippen LogP contribution in [0.5, 0.6) is 0 Å². The van der Waals surface area contributed by atoms with Gasteiger partial charge in [0.2, 0.25) is 0 Å². The number of nitrogens with one attached hydrogen (secondary N) is 3. The van der Waals surface area contributed by atoms with Crippen LogP contribution in [0.4, 0.5) is 0 Å². The van der Waals surface area contributed by atoms with Crippen molar-refractivity contribution in [3.8, 4) is 0 Å². The van der Waals surface area contributed by atoms with Crippen LogP contribution in [0.25, 0.3) is 0 Å². The van der Waals surface area contributed by atoms with E-state index in [4.69, 9.17) is 16.3 Å². The van der Waals surface area contributed by atoms with Crippen molar-refractivity contribution in [2.75, 3.05) is 45.9 Å². The third-order valence-corrected chi connectivity index (χ3v) is 5.10. The van der Waals surface area contributed by atoms with Gasteiger partial charge in [-0.1, -0.05) is 23.7 Å². The lowest BCUT2D eigenvalue weighted by atomic mass is 10.0. The molecule has 128 valence electrons. The number of benzene rings is 1. The van der Waals surface area contributed by atoms with Crippen molar-refractivity contribution in [2.45, 2.75) is 19.0 Å². The Labute approximate surface area is 143 Å². The number of rotatable bonds is 6. The maximum absolute atomic E-state index is 6.20. The summed E-state index contributed by atoms with van der Waals surface area (Å²) in [6.07, 6.45) is 0. The van der Waals surface area contributed by atoms with Gasteiger partial charge >= 0.3 is 0 Å². The van der Waals surface area contributed by atoms with Crippen LogP contribution in [0.2, 0.25) is 5.02 Å². The van der Waals surface area contributed by atoms with Crippen LogP contribution in [-0.4, -0.2) is 56.9 Å². The minimum absolute atomic E-state index is 0.343. The number of hydrogen-bond acceptors (Lipinski definition) is 5. The van der Waals surface area contributed by atoms with Crippen LogP contribution in [0.1, 0.15) is 18.5 Å². The van der Waals surface area contributed by atoms with Crippen LogP contribution in [0.15, 0.2) is 24.3 Å². The van der Waals surface area contributed by atoms with Crippen LogP contribution >= 0.6 is 11.6 Å². The Morgan fingerprint density at radius 3 is 2.91 bits per heavy atom. The Hall–Kier alpha value is -0.690. The molecule has 1 aromatic carbocycles. The van der Waals surface area contributed by atoms with Gasteiger partial charge in [0.05, 0.1) is 13.2 Å². The molecule has 3 rings (SSSR count). The molecule has 2 heterocycles. The van der Waals surface area contributed by atoms with Gasteiger partial charge in [-0.15, -0.1) is 0 Å². The predicted molar refractivity (Wildman–Crippen MR) is 93.5 cm³/mol.